The molecule has 1 aromatic carbocycles. The highest BCUT2D eigenvalue weighted by molar-refractivity contribution is 8.01. The maximum atomic E-state index is 5.47. The molecule has 0 atom stereocenters. The number of anilines is 1. The Morgan fingerprint density at radius 2 is 2.14 bits per heavy atom. The van der Waals surface area contributed by atoms with Crippen molar-refractivity contribution in [1.82, 2.24) is 15.2 Å². The van der Waals surface area contributed by atoms with E-state index in [0.717, 1.165) is 56.6 Å². The summed E-state index contributed by atoms with van der Waals surface area (Å²) in [5.74, 6) is 0. The average Bonchev–Trinajstić information content (AvgIpc) is 3.29. The summed E-state index contributed by atoms with van der Waals surface area (Å²) in [5.41, 5.74) is 3.59. The second-order valence-electron chi connectivity index (χ2n) is 6.59. The topological polar surface area (TPSA) is 53.0 Å². The summed E-state index contributed by atoms with van der Waals surface area (Å²) in [7, 11) is 1.98. The second kappa shape index (κ2) is 12.0. The van der Waals surface area contributed by atoms with E-state index in [1.807, 2.05) is 18.8 Å². The first-order valence-corrected chi connectivity index (χ1v) is 12.0. The number of hydrogen-bond acceptors (Lipinski definition) is 7. The average molecular weight is 432 g/mol. The zero-order chi connectivity index (χ0) is 20.3. The molecule has 0 aliphatic carbocycles. The fourth-order valence-electron chi connectivity index (χ4n) is 3.14. The summed E-state index contributed by atoms with van der Waals surface area (Å²) >= 11 is 3.25. The standard InChI is InChI=1S/C21H29N5OS2/c1-22-8-3-10-26(17-24-21-23-9-15-29-21)20(16-28-2)18-4-6-19(7-5-18)25-11-13-27-14-12-25/h4-7,9,15-17,22H,3,8,10-14H2,1-2H3/b20-16-,24-17+. The van der Waals surface area contributed by atoms with Gasteiger partial charge in [-0.3, -0.25) is 0 Å². The third kappa shape index (κ3) is 6.57. The number of rotatable bonds is 10. The number of benzene rings is 1. The molecule has 8 heteroatoms. The summed E-state index contributed by atoms with van der Waals surface area (Å²) in [6.07, 6.45) is 6.81. The molecule has 1 fully saturated rings. The number of thioether (sulfide) groups is 1. The summed E-state index contributed by atoms with van der Waals surface area (Å²) in [6, 6.07) is 8.82. The van der Waals surface area contributed by atoms with Crippen molar-refractivity contribution in [1.29, 1.82) is 0 Å². The molecule has 0 radical (unpaired) electrons. The molecule has 1 N–H and O–H groups in total. The Labute approximate surface area is 181 Å². The number of aromatic nitrogens is 1. The molecule has 0 amide bonds. The number of nitrogens with one attached hydrogen (secondary N) is 1. The van der Waals surface area contributed by atoms with Gasteiger partial charge >= 0.3 is 0 Å². The molecule has 1 aliphatic rings. The number of ether oxygens (including phenoxy) is 1. The predicted molar refractivity (Wildman–Crippen MR) is 126 cm³/mol. The van der Waals surface area contributed by atoms with E-state index in [1.165, 1.54) is 11.3 Å². The van der Waals surface area contributed by atoms with Gasteiger partial charge in [0.2, 0.25) is 5.13 Å². The maximum Gasteiger partial charge on any atom is 0.210 e. The van der Waals surface area contributed by atoms with E-state index in [-0.39, 0.29) is 0 Å². The van der Waals surface area contributed by atoms with Crippen molar-refractivity contribution in [2.75, 3.05) is 57.6 Å². The summed E-state index contributed by atoms with van der Waals surface area (Å²) < 4.78 is 5.47. The Morgan fingerprint density at radius 3 is 2.79 bits per heavy atom. The third-order valence-corrected chi connectivity index (χ3v) is 5.77. The zero-order valence-electron chi connectivity index (χ0n) is 17.1. The summed E-state index contributed by atoms with van der Waals surface area (Å²) in [6.45, 7) is 5.34. The highest BCUT2D eigenvalue weighted by atomic mass is 32.2. The first-order valence-electron chi connectivity index (χ1n) is 9.83. The Balaban J connectivity index is 1.80. The quantitative estimate of drug-likeness (QED) is 0.350. The molecule has 29 heavy (non-hydrogen) atoms. The van der Waals surface area contributed by atoms with Gasteiger partial charge < -0.3 is 19.9 Å². The second-order valence-corrected chi connectivity index (χ2v) is 8.17. The molecule has 1 aliphatic heterocycles. The van der Waals surface area contributed by atoms with Crippen molar-refractivity contribution in [3.8, 4) is 0 Å². The SMILES string of the molecule is CNCCCN(/C=N/c1nccs1)/C(=C\SC)c1ccc(N2CCOCC2)cc1. The minimum atomic E-state index is 0.773. The highest BCUT2D eigenvalue weighted by Crippen LogP contribution is 2.25. The van der Waals surface area contributed by atoms with E-state index < -0.39 is 0 Å². The molecule has 1 aromatic heterocycles. The highest BCUT2D eigenvalue weighted by Gasteiger charge is 2.14. The van der Waals surface area contributed by atoms with Crippen molar-refractivity contribution in [2.45, 2.75) is 6.42 Å². The predicted octanol–water partition coefficient (Wildman–Crippen LogP) is 3.91. The Kier molecular flexibility index (Phi) is 9.01. The van der Waals surface area contributed by atoms with Crippen LogP contribution in [0, 0.1) is 0 Å². The number of morpholine rings is 1. The maximum absolute atomic E-state index is 5.47. The van der Waals surface area contributed by atoms with E-state index in [1.54, 1.807) is 29.3 Å². The summed E-state index contributed by atoms with van der Waals surface area (Å²) in [5, 5.41) is 8.14. The number of hydrogen-bond donors (Lipinski definition) is 1. The molecule has 156 valence electrons. The largest absolute Gasteiger partial charge is 0.378 e. The van der Waals surface area contributed by atoms with Gasteiger partial charge in [0.15, 0.2) is 0 Å². The Morgan fingerprint density at radius 1 is 1.34 bits per heavy atom. The minimum absolute atomic E-state index is 0.773. The van der Waals surface area contributed by atoms with Crippen LogP contribution < -0.4 is 10.2 Å². The molecule has 0 bridgehead atoms. The van der Waals surface area contributed by atoms with E-state index in [9.17, 15) is 0 Å². The van der Waals surface area contributed by atoms with Crippen LogP contribution in [0.5, 0.6) is 0 Å². The van der Waals surface area contributed by atoms with Gasteiger partial charge in [0.25, 0.3) is 0 Å². The minimum Gasteiger partial charge on any atom is -0.378 e. The number of aliphatic imine (C=N–C) groups is 1. The molecular formula is C21H29N5OS2. The normalized spacial score (nSPS) is 15.2. The van der Waals surface area contributed by atoms with Crippen LogP contribution in [0.2, 0.25) is 0 Å². The van der Waals surface area contributed by atoms with Crippen molar-refractivity contribution in [3.05, 3.63) is 46.8 Å². The van der Waals surface area contributed by atoms with Crippen LogP contribution in [0.25, 0.3) is 5.70 Å². The first-order chi connectivity index (χ1) is 14.3. The molecule has 2 heterocycles. The molecule has 6 nitrogen and oxygen atoms in total. The van der Waals surface area contributed by atoms with E-state index in [0.29, 0.717) is 0 Å². The van der Waals surface area contributed by atoms with Crippen molar-refractivity contribution in [3.63, 3.8) is 0 Å². The molecule has 3 rings (SSSR count). The van der Waals surface area contributed by atoms with Crippen LogP contribution in [0.1, 0.15) is 12.0 Å². The van der Waals surface area contributed by atoms with Crippen molar-refractivity contribution in [2.24, 2.45) is 4.99 Å². The van der Waals surface area contributed by atoms with Crippen LogP contribution in [-0.2, 0) is 4.74 Å². The molecule has 0 spiro atoms. The summed E-state index contributed by atoms with van der Waals surface area (Å²) in [4.78, 5) is 13.4. The lowest BCUT2D eigenvalue weighted by atomic mass is 10.1. The van der Waals surface area contributed by atoms with Gasteiger partial charge in [-0.1, -0.05) is 12.1 Å². The Hall–Kier alpha value is -1.87. The van der Waals surface area contributed by atoms with Gasteiger partial charge in [0, 0.05) is 36.9 Å². The zero-order valence-corrected chi connectivity index (χ0v) is 18.7. The number of nitrogens with zero attached hydrogens (tertiary/aromatic N) is 4. The molecule has 2 aromatic rings. The van der Waals surface area contributed by atoms with Gasteiger partial charge in [-0.25, -0.2) is 9.98 Å². The van der Waals surface area contributed by atoms with Gasteiger partial charge in [-0.2, -0.15) is 0 Å². The lowest BCUT2D eigenvalue weighted by molar-refractivity contribution is 0.122. The molecular weight excluding hydrogens is 402 g/mol. The van der Waals surface area contributed by atoms with E-state index in [4.69, 9.17) is 4.74 Å². The van der Waals surface area contributed by atoms with Crippen LogP contribution in [-0.4, -0.2) is 68.9 Å². The van der Waals surface area contributed by atoms with E-state index >= 15 is 0 Å². The Bertz CT molecular complexity index is 771. The van der Waals surface area contributed by atoms with Gasteiger partial charge in [0.05, 0.1) is 25.2 Å². The third-order valence-electron chi connectivity index (χ3n) is 4.63. The van der Waals surface area contributed by atoms with Crippen LogP contribution in [0.15, 0.2) is 46.2 Å². The van der Waals surface area contributed by atoms with Crippen LogP contribution >= 0.6 is 23.1 Å². The first kappa shape index (κ1) is 21.8. The fourth-order valence-corrected chi connectivity index (χ4v) is 4.11. The smallest absolute Gasteiger partial charge is 0.210 e. The monoisotopic (exact) mass is 431 g/mol. The van der Waals surface area contributed by atoms with Gasteiger partial charge in [-0.05, 0) is 49.4 Å². The molecule has 1 saturated heterocycles. The lowest BCUT2D eigenvalue weighted by Gasteiger charge is -2.29. The number of thiazole rings is 1. The van der Waals surface area contributed by atoms with Crippen LogP contribution in [0.3, 0.4) is 0 Å². The molecule has 0 unspecified atom stereocenters. The lowest BCUT2D eigenvalue weighted by Crippen LogP contribution is -2.36. The fraction of sp³-hybridized carbons (Fsp3) is 0.429. The van der Waals surface area contributed by atoms with Crippen LogP contribution in [0.4, 0.5) is 10.8 Å². The van der Waals surface area contributed by atoms with E-state index in [2.05, 4.69) is 61.0 Å². The van der Waals surface area contributed by atoms with Crippen molar-refractivity contribution < 1.29 is 4.74 Å². The van der Waals surface area contributed by atoms with Crippen molar-refractivity contribution >= 4 is 46.0 Å². The van der Waals surface area contributed by atoms with Gasteiger partial charge in [-0.15, -0.1) is 23.1 Å². The molecule has 0 saturated carbocycles. The van der Waals surface area contributed by atoms with Gasteiger partial charge in [0.1, 0.15) is 0 Å².